The van der Waals surface area contributed by atoms with E-state index in [1.807, 2.05) is 0 Å². The predicted octanol–water partition coefficient (Wildman–Crippen LogP) is 0.329. The lowest BCUT2D eigenvalue weighted by Crippen LogP contribution is -2.33. The topological polar surface area (TPSA) is 59.6 Å². The first-order chi connectivity index (χ1) is 8.36. The van der Waals surface area contributed by atoms with Crippen LogP contribution in [0.3, 0.4) is 0 Å². The maximum atomic E-state index is 11.7. The maximum absolute atomic E-state index is 11.7. The van der Waals surface area contributed by atoms with Gasteiger partial charge in [0.2, 0.25) is 5.91 Å². The van der Waals surface area contributed by atoms with Crippen LogP contribution < -0.4 is 10.6 Å². The molecule has 0 aromatic carbocycles. The molecule has 6 heteroatoms. The third-order valence-electron chi connectivity index (χ3n) is 3.29. The highest BCUT2D eigenvalue weighted by molar-refractivity contribution is 5.85. The van der Waals surface area contributed by atoms with Crippen LogP contribution in [0.1, 0.15) is 19.3 Å². The van der Waals surface area contributed by atoms with Crippen molar-refractivity contribution in [2.45, 2.75) is 25.4 Å². The van der Waals surface area contributed by atoms with E-state index >= 15 is 0 Å². The Labute approximate surface area is 114 Å². The van der Waals surface area contributed by atoms with Gasteiger partial charge in [0.15, 0.2) is 0 Å². The first-order valence-corrected chi connectivity index (χ1v) is 6.54. The van der Waals surface area contributed by atoms with Gasteiger partial charge in [-0.15, -0.1) is 12.4 Å². The summed E-state index contributed by atoms with van der Waals surface area (Å²) < 4.78 is 10.8. The third kappa shape index (κ3) is 5.10. The molecule has 0 aliphatic carbocycles. The van der Waals surface area contributed by atoms with Gasteiger partial charge in [0.05, 0.1) is 18.6 Å². The number of nitrogens with one attached hydrogen (secondary N) is 2. The highest BCUT2D eigenvalue weighted by atomic mass is 35.5. The fraction of sp³-hybridized carbons (Fsp3) is 0.917. The third-order valence-corrected chi connectivity index (χ3v) is 3.29. The van der Waals surface area contributed by atoms with Gasteiger partial charge < -0.3 is 20.1 Å². The summed E-state index contributed by atoms with van der Waals surface area (Å²) in [7, 11) is 0. The molecule has 2 unspecified atom stereocenters. The van der Waals surface area contributed by atoms with E-state index < -0.39 is 0 Å². The van der Waals surface area contributed by atoms with Gasteiger partial charge in [-0.05, 0) is 25.8 Å². The summed E-state index contributed by atoms with van der Waals surface area (Å²) in [4.78, 5) is 11.7. The Kier molecular flexibility index (Phi) is 7.58. The number of amides is 1. The summed E-state index contributed by atoms with van der Waals surface area (Å²) in [5.41, 5.74) is 0. The molecule has 0 bridgehead atoms. The zero-order chi connectivity index (χ0) is 11.9. The molecule has 0 aromatic rings. The van der Waals surface area contributed by atoms with Crippen molar-refractivity contribution in [3.05, 3.63) is 0 Å². The number of halogens is 1. The second-order valence-corrected chi connectivity index (χ2v) is 4.69. The van der Waals surface area contributed by atoms with Gasteiger partial charge in [0.1, 0.15) is 0 Å². The number of hydrogen-bond donors (Lipinski definition) is 2. The number of carbonyl (C=O) groups is 1. The molecule has 18 heavy (non-hydrogen) atoms. The van der Waals surface area contributed by atoms with Crippen LogP contribution in [0.15, 0.2) is 0 Å². The van der Waals surface area contributed by atoms with Crippen LogP contribution >= 0.6 is 12.4 Å². The van der Waals surface area contributed by atoms with E-state index in [0.717, 1.165) is 45.6 Å². The van der Waals surface area contributed by atoms with E-state index in [0.29, 0.717) is 13.2 Å². The van der Waals surface area contributed by atoms with Crippen LogP contribution in [0.25, 0.3) is 0 Å². The largest absolute Gasteiger partial charge is 0.379 e. The van der Waals surface area contributed by atoms with Crippen molar-refractivity contribution in [3.63, 3.8) is 0 Å². The fourth-order valence-electron chi connectivity index (χ4n) is 2.20. The monoisotopic (exact) mass is 278 g/mol. The minimum absolute atomic E-state index is 0. The highest BCUT2D eigenvalue weighted by Gasteiger charge is 2.21. The quantitative estimate of drug-likeness (QED) is 0.688. The molecule has 0 radical (unpaired) electrons. The zero-order valence-corrected chi connectivity index (χ0v) is 11.5. The van der Waals surface area contributed by atoms with Gasteiger partial charge in [-0.25, -0.2) is 0 Å². The summed E-state index contributed by atoms with van der Waals surface area (Å²) >= 11 is 0. The molecule has 2 N–H and O–H groups in total. The van der Waals surface area contributed by atoms with Gasteiger partial charge in [0, 0.05) is 26.3 Å². The molecule has 0 saturated carbocycles. The van der Waals surface area contributed by atoms with Crippen LogP contribution in [0.5, 0.6) is 0 Å². The SMILES string of the molecule is Cl.O=C(NCCCOC1CCOC1)C1CCNC1. The Morgan fingerprint density at radius 1 is 1.44 bits per heavy atom. The Morgan fingerprint density at radius 2 is 2.33 bits per heavy atom. The van der Waals surface area contributed by atoms with E-state index in [2.05, 4.69) is 10.6 Å². The van der Waals surface area contributed by atoms with Gasteiger partial charge in [-0.1, -0.05) is 0 Å². The van der Waals surface area contributed by atoms with E-state index in [1.54, 1.807) is 0 Å². The molecular formula is C12H23ClN2O3. The zero-order valence-electron chi connectivity index (χ0n) is 10.7. The molecule has 2 aliphatic heterocycles. The molecule has 2 rings (SSSR count). The fourth-order valence-corrected chi connectivity index (χ4v) is 2.20. The number of carbonyl (C=O) groups excluding carboxylic acids is 1. The van der Waals surface area contributed by atoms with E-state index in [9.17, 15) is 4.79 Å². The molecule has 2 atom stereocenters. The molecule has 106 valence electrons. The number of rotatable bonds is 6. The van der Waals surface area contributed by atoms with Crippen LogP contribution in [0, 0.1) is 5.92 Å². The lowest BCUT2D eigenvalue weighted by Gasteiger charge is -2.11. The van der Waals surface area contributed by atoms with Crippen LogP contribution in [-0.4, -0.2) is 51.5 Å². The van der Waals surface area contributed by atoms with E-state index in [1.165, 1.54) is 0 Å². The molecule has 1 amide bonds. The predicted molar refractivity (Wildman–Crippen MR) is 71.0 cm³/mol. The first-order valence-electron chi connectivity index (χ1n) is 6.54. The molecule has 0 spiro atoms. The molecular weight excluding hydrogens is 256 g/mol. The molecule has 5 nitrogen and oxygen atoms in total. The minimum Gasteiger partial charge on any atom is -0.379 e. The minimum atomic E-state index is 0. The van der Waals surface area contributed by atoms with Crippen molar-refractivity contribution in [3.8, 4) is 0 Å². The van der Waals surface area contributed by atoms with Gasteiger partial charge in [-0.3, -0.25) is 4.79 Å². The van der Waals surface area contributed by atoms with Crippen LogP contribution in [-0.2, 0) is 14.3 Å². The van der Waals surface area contributed by atoms with Gasteiger partial charge in [-0.2, -0.15) is 0 Å². The summed E-state index contributed by atoms with van der Waals surface area (Å²) in [6, 6.07) is 0. The second kappa shape index (κ2) is 8.69. The van der Waals surface area contributed by atoms with Crippen LogP contribution in [0.2, 0.25) is 0 Å². The standard InChI is InChI=1S/C12H22N2O3.ClH/c15-12(10-2-5-13-8-10)14-4-1-6-17-11-3-7-16-9-11;/h10-11,13H,1-9H2,(H,14,15);1H. The number of hydrogen-bond acceptors (Lipinski definition) is 4. The Hall–Kier alpha value is -0.360. The normalized spacial score (nSPS) is 26.9. The van der Waals surface area contributed by atoms with Crippen molar-refractivity contribution in [2.24, 2.45) is 5.92 Å². The van der Waals surface area contributed by atoms with Crippen molar-refractivity contribution in [1.82, 2.24) is 10.6 Å². The average molecular weight is 279 g/mol. The van der Waals surface area contributed by atoms with Crippen LogP contribution in [0.4, 0.5) is 0 Å². The Morgan fingerprint density at radius 3 is 3.00 bits per heavy atom. The summed E-state index contributed by atoms with van der Waals surface area (Å²) in [6.45, 7) is 4.74. The molecule has 2 fully saturated rings. The lowest BCUT2D eigenvalue weighted by molar-refractivity contribution is -0.124. The summed E-state index contributed by atoms with van der Waals surface area (Å²) in [6.07, 6.45) is 3.11. The van der Waals surface area contributed by atoms with E-state index in [4.69, 9.17) is 9.47 Å². The molecule has 2 heterocycles. The Balaban J connectivity index is 0.00000162. The summed E-state index contributed by atoms with van der Waals surface area (Å²) in [5, 5.41) is 6.15. The van der Waals surface area contributed by atoms with Gasteiger partial charge >= 0.3 is 0 Å². The highest BCUT2D eigenvalue weighted by Crippen LogP contribution is 2.08. The first kappa shape index (κ1) is 15.7. The summed E-state index contributed by atoms with van der Waals surface area (Å²) in [5.74, 6) is 0.346. The van der Waals surface area contributed by atoms with Crippen molar-refractivity contribution >= 4 is 18.3 Å². The van der Waals surface area contributed by atoms with E-state index in [-0.39, 0.29) is 30.3 Å². The molecule has 2 aliphatic rings. The number of ether oxygens (including phenoxy) is 2. The van der Waals surface area contributed by atoms with Crippen molar-refractivity contribution in [2.75, 3.05) is 39.5 Å². The molecule has 2 saturated heterocycles. The van der Waals surface area contributed by atoms with Crippen molar-refractivity contribution < 1.29 is 14.3 Å². The average Bonchev–Trinajstić information content (AvgIpc) is 3.01. The van der Waals surface area contributed by atoms with Crippen molar-refractivity contribution in [1.29, 1.82) is 0 Å². The second-order valence-electron chi connectivity index (χ2n) is 4.69. The lowest BCUT2D eigenvalue weighted by atomic mass is 10.1. The van der Waals surface area contributed by atoms with Gasteiger partial charge in [0.25, 0.3) is 0 Å². The Bertz CT molecular complexity index is 241. The smallest absolute Gasteiger partial charge is 0.224 e. The maximum Gasteiger partial charge on any atom is 0.224 e. The molecule has 0 aromatic heterocycles.